The van der Waals surface area contributed by atoms with E-state index >= 15 is 0 Å². The first-order valence-electron chi connectivity index (χ1n) is 5.84. The molecule has 3 nitrogen and oxygen atoms in total. The predicted octanol–water partition coefficient (Wildman–Crippen LogP) is 2.80. The zero-order chi connectivity index (χ0) is 12.4. The lowest BCUT2D eigenvalue weighted by Crippen LogP contribution is -1.97. The smallest absolute Gasteiger partial charge is 0.0380 e. The van der Waals surface area contributed by atoms with Crippen LogP contribution in [0, 0.1) is 0 Å². The Kier molecular flexibility index (Phi) is 2.65. The van der Waals surface area contributed by atoms with Crippen molar-refractivity contribution in [3.63, 3.8) is 0 Å². The number of aromatic nitrogens is 2. The first-order chi connectivity index (χ1) is 8.84. The summed E-state index contributed by atoms with van der Waals surface area (Å²) in [4.78, 5) is 8.32. The Bertz CT molecular complexity index is 687. The number of hydrogen-bond donors (Lipinski definition) is 1. The molecule has 1 aromatic carbocycles. The average Bonchev–Trinajstić information content (AvgIpc) is 2.42. The van der Waals surface area contributed by atoms with Crippen LogP contribution < -0.4 is 5.73 Å². The summed E-state index contributed by atoms with van der Waals surface area (Å²) in [6, 6.07) is 10.1. The van der Waals surface area contributed by atoms with Gasteiger partial charge < -0.3 is 5.73 Å². The number of fused-ring (bicyclic) bond motifs is 1. The van der Waals surface area contributed by atoms with E-state index in [1.54, 1.807) is 6.20 Å². The molecule has 0 aliphatic carbocycles. The van der Waals surface area contributed by atoms with Crippen molar-refractivity contribution >= 4 is 16.5 Å². The molecule has 3 heteroatoms. The van der Waals surface area contributed by atoms with Gasteiger partial charge in [0.15, 0.2) is 0 Å². The second kappa shape index (κ2) is 4.45. The molecular formula is C15H13N3. The molecule has 18 heavy (non-hydrogen) atoms. The molecule has 2 N–H and O–H groups in total. The normalized spacial score (nSPS) is 10.7. The topological polar surface area (TPSA) is 51.8 Å². The zero-order valence-electron chi connectivity index (χ0n) is 9.88. The first-order valence-corrected chi connectivity index (χ1v) is 5.84. The number of nitrogens with two attached hydrogens (primary N) is 1. The van der Waals surface area contributed by atoms with E-state index in [-0.39, 0.29) is 0 Å². The van der Waals surface area contributed by atoms with Crippen molar-refractivity contribution in [1.29, 1.82) is 0 Å². The number of nitrogen functional groups attached to an aromatic ring is 1. The summed E-state index contributed by atoms with van der Waals surface area (Å²) in [6.45, 7) is 0. The van der Waals surface area contributed by atoms with Crippen molar-refractivity contribution in [3.05, 3.63) is 66.2 Å². The molecule has 0 radical (unpaired) electrons. The lowest BCUT2D eigenvalue weighted by atomic mass is 10.00. The van der Waals surface area contributed by atoms with Crippen LogP contribution in [0.15, 0.2) is 55.1 Å². The van der Waals surface area contributed by atoms with E-state index in [0.29, 0.717) is 0 Å². The number of anilines is 1. The molecule has 0 spiro atoms. The van der Waals surface area contributed by atoms with E-state index in [9.17, 15) is 0 Å². The summed E-state index contributed by atoms with van der Waals surface area (Å²) in [6.07, 6.45) is 8.03. The van der Waals surface area contributed by atoms with Crippen molar-refractivity contribution in [2.45, 2.75) is 6.42 Å². The van der Waals surface area contributed by atoms with E-state index in [4.69, 9.17) is 5.73 Å². The maximum atomic E-state index is 5.96. The summed E-state index contributed by atoms with van der Waals surface area (Å²) in [5, 5.41) is 2.37. The molecule has 2 aromatic heterocycles. The van der Waals surface area contributed by atoms with E-state index in [1.165, 1.54) is 16.3 Å². The third-order valence-electron chi connectivity index (χ3n) is 3.10. The first kappa shape index (κ1) is 10.7. The van der Waals surface area contributed by atoms with Crippen molar-refractivity contribution in [1.82, 2.24) is 9.97 Å². The van der Waals surface area contributed by atoms with Gasteiger partial charge in [-0.05, 0) is 28.6 Å². The van der Waals surface area contributed by atoms with Gasteiger partial charge >= 0.3 is 0 Å². The number of benzene rings is 1. The van der Waals surface area contributed by atoms with Gasteiger partial charge in [0, 0.05) is 42.3 Å². The largest absolute Gasteiger partial charge is 0.398 e. The van der Waals surface area contributed by atoms with Crippen LogP contribution in [0.1, 0.15) is 11.1 Å². The molecule has 0 unspecified atom stereocenters. The molecule has 0 aliphatic rings. The summed E-state index contributed by atoms with van der Waals surface area (Å²) < 4.78 is 0. The summed E-state index contributed by atoms with van der Waals surface area (Å²) in [5.41, 5.74) is 9.01. The van der Waals surface area contributed by atoms with Crippen LogP contribution in [-0.4, -0.2) is 9.97 Å². The molecule has 3 aromatic rings. The van der Waals surface area contributed by atoms with Gasteiger partial charge in [0.2, 0.25) is 0 Å². The number of pyridine rings is 2. The molecule has 0 bridgehead atoms. The van der Waals surface area contributed by atoms with Crippen LogP contribution in [0.4, 0.5) is 5.69 Å². The third kappa shape index (κ3) is 1.91. The second-order valence-electron chi connectivity index (χ2n) is 4.27. The molecule has 88 valence electrons. The van der Waals surface area contributed by atoms with Gasteiger partial charge in [-0.15, -0.1) is 0 Å². The molecule has 2 heterocycles. The van der Waals surface area contributed by atoms with Crippen LogP contribution in [0.5, 0.6) is 0 Å². The van der Waals surface area contributed by atoms with Crippen molar-refractivity contribution in [2.24, 2.45) is 0 Å². The van der Waals surface area contributed by atoms with Crippen LogP contribution >= 0.6 is 0 Å². The minimum Gasteiger partial charge on any atom is -0.398 e. The van der Waals surface area contributed by atoms with E-state index < -0.39 is 0 Å². The molecule has 0 saturated heterocycles. The molecule has 0 atom stereocenters. The lowest BCUT2D eigenvalue weighted by Gasteiger charge is -2.07. The third-order valence-corrected chi connectivity index (χ3v) is 3.10. The van der Waals surface area contributed by atoms with Gasteiger partial charge in [-0.25, -0.2) is 0 Å². The minimum atomic E-state index is 0.780. The maximum Gasteiger partial charge on any atom is 0.0380 e. The van der Waals surface area contributed by atoms with E-state index in [0.717, 1.165) is 17.7 Å². The Hall–Kier alpha value is -2.42. The minimum absolute atomic E-state index is 0.780. The molecule has 3 rings (SSSR count). The lowest BCUT2D eigenvalue weighted by molar-refractivity contribution is 1.16. The van der Waals surface area contributed by atoms with Crippen molar-refractivity contribution in [2.75, 3.05) is 5.73 Å². The van der Waals surface area contributed by atoms with Crippen LogP contribution in [0.2, 0.25) is 0 Å². The summed E-state index contributed by atoms with van der Waals surface area (Å²) in [5.74, 6) is 0. The van der Waals surface area contributed by atoms with Crippen LogP contribution in [0.3, 0.4) is 0 Å². The molecule has 0 saturated carbocycles. The molecule has 0 fully saturated rings. The fourth-order valence-electron chi connectivity index (χ4n) is 2.12. The van der Waals surface area contributed by atoms with Crippen LogP contribution in [0.25, 0.3) is 10.8 Å². The van der Waals surface area contributed by atoms with E-state index in [2.05, 4.69) is 28.2 Å². The van der Waals surface area contributed by atoms with E-state index in [1.807, 2.05) is 30.7 Å². The Labute approximate surface area is 105 Å². The number of rotatable bonds is 2. The quantitative estimate of drug-likeness (QED) is 0.743. The van der Waals surface area contributed by atoms with Crippen LogP contribution in [-0.2, 0) is 6.42 Å². The SMILES string of the molecule is Nc1ccncc1Cc1cccc2ccncc12. The Balaban J connectivity index is 2.08. The van der Waals surface area contributed by atoms with Gasteiger partial charge in [0.1, 0.15) is 0 Å². The Morgan fingerprint density at radius 1 is 0.889 bits per heavy atom. The predicted molar refractivity (Wildman–Crippen MR) is 73.2 cm³/mol. The maximum absolute atomic E-state index is 5.96. The standard InChI is InChI=1S/C15H13N3/c16-15-5-7-17-9-13(15)8-12-3-1-2-11-4-6-18-10-14(11)12/h1-7,9-10H,8H2,(H2,16,17). The van der Waals surface area contributed by atoms with Crippen molar-refractivity contribution < 1.29 is 0 Å². The molecule has 0 amide bonds. The Morgan fingerprint density at radius 3 is 2.61 bits per heavy atom. The highest BCUT2D eigenvalue weighted by atomic mass is 14.7. The second-order valence-corrected chi connectivity index (χ2v) is 4.27. The average molecular weight is 235 g/mol. The summed E-state index contributed by atoms with van der Waals surface area (Å²) in [7, 11) is 0. The fourth-order valence-corrected chi connectivity index (χ4v) is 2.12. The van der Waals surface area contributed by atoms with Gasteiger partial charge in [-0.3, -0.25) is 9.97 Å². The highest BCUT2D eigenvalue weighted by Gasteiger charge is 2.04. The monoisotopic (exact) mass is 235 g/mol. The molecule has 0 aliphatic heterocycles. The fraction of sp³-hybridized carbons (Fsp3) is 0.0667. The van der Waals surface area contributed by atoms with Crippen molar-refractivity contribution in [3.8, 4) is 0 Å². The number of nitrogens with zero attached hydrogens (tertiary/aromatic N) is 2. The Morgan fingerprint density at radius 2 is 1.72 bits per heavy atom. The molecular weight excluding hydrogens is 222 g/mol. The van der Waals surface area contributed by atoms with Gasteiger partial charge in [0.25, 0.3) is 0 Å². The number of hydrogen-bond acceptors (Lipinski definition) is 3. The zero-order valence-corrected chi connectivity index (χ0v) is 9.88. The van der Waals surface area contributed by atoms with Gasteiger partial charge in [0.05, 0.1) is 0 Å². The highest BCUT2D eigenvalue weighted by Crippen LogP contribution is 2.22. The highest BCUT2D eigenvalue weighted by molar-refractivity contribution is 5.85. The van der Waals surface area contributed by atoms with Gasteiger partial charge in [-0.1, -0.05) is 18.2 Å². The van der Waals surface area contributed by atoms with Gasteiger partial charge in [-0.2, -0.15) is 0 Å². The summed E-state index contributed by atoms with van der Waals surface area (Å²) >= 11 is 0.